The average Bonchev–Trinajstić information content (AvgIpc) is 2.79. The molecule has 8 heteroatoms. The third-order valence-corrected chi connectivity index (χ3v) is 5.59. The quantitative estimate of drug-likeness (QED) is 0.757. The Balaban J connectivity index is 1.78. The van der Waals surface area contributed by atoms with Gasteiger partial charge in [0.15, 0.2) is 0 Å². The second-order valence-corrected chi connectivity index (χ2v) is 8.00. The molecule has 0 saturated carbocycles. The maximum atomic E-state index is 12.9. The molecule has 0 atom stereocenters. The monoisotopic (exact) mass is 410 g/mol. The van der Waals surface area contributed by atoms with Crippen LogP contribution in [0.1, 0.15) is 44.5 Å². The molecule has 0 unspecified atom stereocenters. The molecule has 1 aromatic heterocycles. The van der Waals surface area contributed by atoms with Gasteiger partial charge in [0.2, 0.25) is 5.91 Å². The van der Waals surface area contributed by atoms with Gasteiger partial charge in [0.1, 0.15) is 12.4 Å². The summed E-state index contributed by atoms with van der Waals surface area (Å²) in [6.07, 6.45) is 3.89. The number of nitrogens with zero attached hydrogens (tertiary/aromatic N) is 4. The van der Waals surface area contributed by atoms with Crippen LogP contribution in [0.5, 0.6) is 0 Å². The molecule has 27 heavy (non-hydrogen) atoms. The van der Waals surface area contributed by atoms with Crippen LogP contribution < -0.4 is 5.69 Å². The van der Waals surface area contributed by atoms with Gasteiger partial charge < -0.3 is 4.90 Å². The standard InChI is InChI=1S/C19H24Cl2N4O2/c1-13(2)24(11-14-7-8-15(20)16(21)10-14)18(26)12-25-19(27)23-9-5-3-4-6-17(23)22-25/h7-8,10,13H,3-6,9,11-12H2,1-2H3. The first-order valence-corrected chi connectivity index (χ1v) is 10.0. The molecule has 3 rings (SSSR count). The van der Waals surface area contributed by atoms with E-state index in [0.717, 1.165) is 37.1 Å². The van der Waals surface area contributed by atoms with Crippen LogP contribution in [0, 0.1) is 0 Å². The van der Waals surface area contributed by atoms with Gasteiger partial charge in [-0.15, -0.1) is 0 Å². The van der Waals surface area contributed by atoms with Crippen molar-refractivity contribution in [2.45, 2.75) is 65.2 Å². The molecular formula is C19H24Cl2N4O2. The fraction of sp³-hybridized carbons (Fsp3) is 0.526. The fourth-order valence-electron chi connectivity index (χ4n) is 3.34. The lowest BCUT2D eigenvalue weighted by molar-refractivity contribution is -0.134. The predicted octanol–water partition coefficient (Wildman–Crippen LogP) is 3.52. The fourth-order valence-corrected chi connectivity index (χ4v) is 3.66. The summed E-state index contributed by atoms with van der Waals surface area (Å²) in [4.78, 5) is 27.2. The molecule has 0 spiro atoms. The number of fused-ring (bicyclic) bond motifs is 1. The number of aromatic nitrogens is 3. The van der Waals surface area contributed by atoms with E-state index in [1.165, 1.54) is 4.68 Å². The number of rotatable bonds is 5. The Morgan fingerprint density at radius 2 is 2.00 bits per heavy atom. The molecule has 1 aliphatic rings. The Hall–Kier alpha value is -1.79. The van der Waals surface area contributed by atoms with Gasteiger partial charge in [0.25, 0.3) is 0 Å². The van der Waals surface area contributed by atoms with Gasteiger partial charge in [0, 0.05) is 25.6 Å². The molecule has 1 amide bonds. The van der Waals surface area contributed by atoms with E-state index in [-0.39, 0.29) is 24.2 Å². The van der Waals surface area contributed by atoms with Crippen LogP contribution in [0.2, 0.25) is 10.0 Å². The van der Waals surface area contributed by atoms with E-state index in [2.05, 4.69) is 5.10 Å². The first-order chi connectivity index (χ1) is 12.9. The smallest absolute Gasteiger partial charge is 0.334 e. The minimum absolute atomic E-state index is 0.0249. The van der Waals surface area contributed by atoms with Crippen molar-refractivity contribution in [3.8, 4) is 0 Å². The molecule has 0 bridgehead atoms. The average molecular weight is 411 g/mol. The van der Waals surface area contributed by atoms with E-state index in [4.69, 9.17) is 23.2 Å². The third-order valence-electron chi connectivity index (χ3n) is 4.85. The zero-order chi connectivity index (χ0) is 19.6. The van der Waals surface area contributed by atoms with Crippen molar-refractivity contribution in [2.75, 3.05) is 0 Å². The Bertz CT molecular complexity index is 888. The topological polar surface area (TPSA) is 60.1 Å². The number of carbonyl (C=O) groups excluding carboxylic acids is 1. The zero-order valence-electron chi connectivity index (χ0n) is 15.6. The van der Waals surface area contributed by atoms with Crippen molar-refractivity contribution in [1.29, 1.82) is 0 Å². The van der Waals surface area contributed by atoms with Crippen LogP contribution >= 0.6 is 23.2 Å². The summed E-state index contributed by atoms with van der Waals surface area (Å²) in [5, 5.41) is 5.34. The van der Waals surface area contributed by atoms with Gasteiger partial charge >= 0.3 is 5.69 Å². The van der Waals surface area contributed by atoms with Gasteiger partial charge in [-0.05, 0) is 44.4 Å². The highest BCUT2D eigenvalue weighted by Gasteiger charge is 2.22. The zero-order valence-corrected chi connectivity index (χ0v) is 17.1. The number of hydrogen-bond donors (Lipinski definition) is 0. The van der Waals surface area contributed by atoms with Crippen molar-refractivity contribution >= 4 is 29.1 Å². The summed E-state index contributed by atoms with van der Waals surface area (Å²) < 4.78 is 3.01. The Kier molecular flexibility index (Phi) is 6.27. The number of benzene rings is 1. The van der Waals surface area contributed by atoms with Crippen molar-refractivity contribution in [3.63, 3.8) is 0 Å². The van der Waals surface area contributed by atoms with Crippen LogP contribution in [0.25, 0.3) is 0 Å². The van der Waals surface area contributed by atoms with Crippen LogP contribution in [-0.4, -0.2) is 31.2 Å². The molecule has 1 aliphatic heterocycles. The molecule has 0 aliphatic carbocycles. The molecule has 0 saturated heterocycles. The Morgan fingerprint density at radius 3 is 2.70 bits per heavy atom. The maximum Gasteiger partial charge on any atom is 0.346 e. The second kappa shape index (κ2) is 8.48. The minimum Gasteiger partial charge on any atom is -0.334 e. The first-order valence-electron chi connectivity index (χ1n) is 9.26. The molecule has 6 nitrogen and oxygen atoms in total. The van der Waals surface area contributed by atoms with Crippen LogP contribution in [0.4, 0.5) is 0 Å². The van der Waals surface area contributed by atoms with Crippen molar-refractivity contribution in [2.24, 2.45) is 0 Å². The molecule has 1 aromatic carbocycles. The summed E-state index contributed by atoms with van der Waals surface area (Å²) in [5.74, 6) is 0.636. The lowest BCUT2D eigenvalue weighted by Crippen LogP contribution is -2.40. The number of carbonyl (C=O) groups is 1. The summed E-state index contributed by atoms with van der Waals surface area (Å²) >= 11 is 12.1. The number of amides is 1. The highest BCUT2D eigenvalue weighted by Crippen LogP contribution is 2.23. The molecule has 0 N–H and O–H groups in total. The minimum atomic E-state index is -0.196. The molecule has 146 valence electrons. The lowest BCUT2D eigenvalue weighted by atomic mass is 10.2. The molecule has 2 heterocycles. The van der Waals surface area contributed by atoms with Gasteiger partial charge in [-0.25, -0.2) is 9.48 Å². The SMILES string of the molecule is CC(C)N(Cc1ccc(Cl)c(Cl)c1)C(=O)Cn1nc2n(c1=O)CCCCC2. The van der Waals surface area contributed by atoms with E-state index in [9.17, 15) is 9.59 Å². The lowest BCUT2D eigenvalue weighted by Gasteiger charge is -2.27. The molecule has 0 fully saturated rings. The van der Waals surface area contributed by atoms with Gasteiger partial charge in [-0.1, -0.05) is 35.7 Å². The normalized spacial score (nSPS) is 14.1. The summed E-state index contributed by atoms with van der Waals surface area (Å²) in [6, 6.07) is 5.31. The van der Waals surface area contributed by atoms with Crippen LogP contribution in [0.15, 0.2) is 23.0 Å². The summed E-state index contributed by atoms with van der Waals surface area (Å²) in [6.45, 7) is 4.91. The van der Waals surface area contributed by atoms with E-state index in [0.29, 0.717) is 23.1 Å². The second-order valence-electron chi connectivity index (χ2n) is 7.18. The molecular weight excluding hydrogens is 387 g/mol. The Morgan fingerprint density at radius 1 is 1.22 bits per heavy atom. The van der Waals surface area contributed by atoms with Crippen molar-refractivity contribution in [1.82, 2.24) is 19.2 Å². The van der Waals surface area contributed by atoms with Crippen molar-refractivity contribution < 1.29 is 4.79 Å². The van der Waals surface area contributed by atoms with Crippen LogP contribution in [-0.2, 0) is 30.8 Å². The number of halogens is 2. The van der Waals surface area contributed by atoms with E-state index in [1.807, 2.05) is 19.9 Å². The van der Waals surface area contributed by atoms with E-state index >= 15 is 0 Å². The van der Waals surface area contributed by atoms with Gasteiger partial charge in [0.05, 0.1) is 10.0 Å². The maximum absolute atomic E-state index is 12.9. The van der Waals surface area contributed by atoms with Gasteiger partial charge in [-0.2, -0.15) is 5.10 Å². The van der Waals surface area contributed by atoms with Gasteiger partial charge in [-0.3, -0.25) is 9.36 Å². The predicted molar refractivity (Wildman–Crippen MR) is 106 cm³/mol. The Labute approximate surface area is 168 Å². The summed E-state index contributed by atoms with van der Waals surface area (Å²) in [7, 11) is 0. The third kappa shape index (κ3) is 4.55. The van der Waals surface area contributed by atoms with E-state index < -0.39 is 0 Å². The molecule has 2 aromatic rings. The highest BCUT2D eigenvalue weighted by molar-refractivity contribution is 6.42. The first kappa shape index (κ1) is 20.0. The summed E-state index contributed by atoms with van der Waals surface area (Å²) in [5.41, 5.74) is 0.693. The van der Waals surface area contributed by atoms with Crippen LogP contribution in [0.3, 0.4) is 0 Å². The largest absolute Gasteiger partial charge is 0.346 e. The number of aryl methyl sites for hydroxylation is 1. The number of hydrogen-bond acceptors (Lipinski definition) is 3. The van der Waals surface area contributed by atoms with Crippen molar-refractivity contribution in [3.05, 3.63) is 50.1 Å². The molecule has 0 radical (unpaired) electrons. The highest BCUT2D eigenvalue weighted by atomic mass is 35.5. The van der Waals surface area contributed by atoms with E-state index in [1.54, 1.807) is 21.6 Å².